The maximum Gasteiger partial charge on any atom is 0.573 e. The van der Waals surface area contributed by atoms with Crippen LogP contribution in [0.5, 0.6) is 5.75 Å². The quantitative estimate of drug-likeness (QED) is 0.687. The molecule has 0 aliphatic carbocycles. The highest BCUT2D eigenvalue weighted by Crippen LogP contribution is 2.37. The number of nitrogens with one attached hydrogen (secondary N) is 1. The molecule has 2 aromatic carbocycles. The van der Waals surface area contributed by atoms with Gasteiger partial charge in [-0.2, -0.15) is 0 Å². The molecule has 11 heteroatoms. The molecule has 34 heavy (non-hydrogen) atoms. The highest BCUT2D eigenvalue weighted by atomic mass is 19.4. The van der Waals surface area contributed by atoms with Crippen LogP contribution in [0.3, 0.4) is 0 Å². The molecule has 0 saturated carbocycles. The molecule has 0 bridgehead atoms. The van der Waals surface area contributed by atoms with E-state index in [4.69, 9.17) is 0 Å². The zero-order valence-corrected chi connectivity index (χ0v) is 17.9. The number of amides is 3. The third kappa shape index (κ3) is 4.92. The Morgan fingerprint density at radius 1 is 1.06 bits per heavy atom. The Bertz CT molecular complexity index is 1080. The van der Waals surface area contributed by atoms with Crippen molar-refractivity contribution >= 4 is 17.9 Å². The summed E-state index contributed by atoms with van der Waals surface area (Å²) in [6, 6.07) is 10.8. The normalized spacial score (nSPS) is 18.6. The molecule has 3 amide bonds. The summed E-state index contributed by atoms with van der Waals surface area (Å²) in [4.78, 5) is 40.4. The summed E-state index contributed by atoms with van der Waals surface area (Å²) in [5, 5.41) is 12.0. The first-order chi connectivity index (χ1) is 16.1. The van der Waals surface area contributed by atoms with Crippen LogP contribution in [0.4, 0.5) is 18.0 Å². The van der Waals surface area contributed by atoms with Crippen LogP contribution in [-0.4, -0.2) is 58.3 Å². The summed E-state index contributed by atoms with van der Waals surface area (Å²) in [5.74, 6) is -1.07. The van der Waals surface area contributed by atoms with E-state index in [9.17, 15) is 32.7 Å². The summed E-state index contributed by atoms with van der Waals surface area (Å²) in [5.41, 5.74) is 1.55. The maximum absolute atomic E-state index is 13.2. The first-order valence-corrected chi connectivity index (χ1v) is 10.7. The van der Waals surface area contributed by atoms with E-state index in [1.807, 2.05) is 0 Å². The fourth-order valence-electron chi connectivity index (χ4n) is 4.41. The second kappa shape index (κ2) is 9.24. The molecule has 1 atom stereocenters. The molecule has 2 N–H and O–H groups in total. The Morgan fingerprint density at radius 3 is 2.32 bits per heavy atom. The molecule has 1 saturated heterocycles. The monoisotopic (exact) mass is 477 g/mol. The first kappa shape index (κ1) is 23.4. The highest BCUT2D eigenvalue weighted by Gasteiger charge is 2.45. The van der Waals surface area contributed by atoms with Crippen molar-refractivity contribution in [2.45, 2.75) is 37.8 Å². The first-order valence-electron chi connectivity index (χ1n) is 10.7. The number of carbonyl (C=O) groups is 3. The predicted molar refractivity (Wildman–Crippen MR) is 113 cm³/mol. The van der Waals surface area contributed by atoms with Crippen LogP contribution in [-0.2, 0) is 11.3 Å². The molecule has 0 radical (unpaired) electrons. The Balaban J connectivity index is 1.48. The third-order valence-corrected chi connectivity index (χ3v) is 6.00. The topological polar surface area (TPSA) is 99.2 Å². The SMILES string of the molecule is O=C(NCc1ccc(OC(F)(F)F)cc1)C1c2ccccc2C(=O)N1C1CCN(C(=O)O)CC1. The van der Waals surface area contributed by atoms with E-state index < -0.39 is 24.4 Å². The van der Waals surface area contributed by atoms with Crippen LogP contribution < -0.4 is 10.1 Å². The fourth-order valence-corrected chi connectivity index (χ4v) is 4.41. The number of rotatable bonds is 5. The van der Waals surface area contributed by atoms with E-state index in [0.29, 0.717) is 29.5 Å². The number of carbonyl (C=O) groups excluding carboxylic acids is 2. The van der Waals surface area contributed by atoms with Gasteiger partial charge < -0.3 is 25.0 Å². The molecule has 2 aliphatic rings. The van der Waals surface area contributed by atoms with Gasteiger partial charge in [0.05, 0.1) is 0 Å². The molecule has 2 aliphatic heterocycles. The van der Waals surface area contributed by atoms with E-state index in [1.54, 1.807) is 24.3 Å². The number of benzene rings is 2. The Kier molecular flexibility index (Phi) is 6.36. The van der Waals surface area contributed by atoms with Gasteiger partial charge in [0.25, 0.3) is 5.91 Å². The van der Waals surface area contributed by atoms with Gasteiger partial charge in [-0.1, -0.05) is 30.3 Å². The number of fused-ring (bicyclic) bond motifs is 1. The number of hydrogen-bond acceptors (Lipinski definition) is 4. The average Bonchev–Trinajstić information content (AvgIpc) is 3.10. The minimum atomic E-state index is -4.79. The van der Waals surface area contributed by atoms with E-state index >= 15 is 0 Å². The lowest BCUT2D eigenvalue weighted by Gasteiger charge is -2.38. The van der Waals surface area contributed by atoms with Gasteiger partial charge in [0.2, 0.25) is 5.91 Å². The zero-order chi connectivity index (χ0) is 24.5. The Labute approximate surface area is 192 Å². The number of hydrogen-bond donors (Lipinski definition) is 2. The lowest BCUT2D eigenvalue weighted by atomic mass is 10.00. The average molecular weight is 477 g/mol. The molecule has 8 nitrogen and oxygen atoms in total. The summed E-state index contributed by atoms with van der Waals surface area (Å²) in [6.07, 6.45) is -4.98. The van der Waals surface area contributed by atoms with E-state index in [1.165, 1.54) is 21.9 Å². The van der Waals surface area contributed by atoms with Crippen LogP contribution in [0, 0.1) is 0 Å². The van der Waals surface area contributed by atoms with E-state index in [2.05, 4.69) is 10.1 Å². The fraction of sp³-hybridized carbons (Fsp3) is 0.348. The smallest absolute Gasteiger partial charge is 0.465 e. The van der Waals surface area contributed by atoms with E-state index in [-0.39, 0.29) is 37.3 Å². The van der Waals surface area contributed by atoms with Crippen molar-refractivity contribution < 1.29 is 37.4 Å². The lowest BCUT2D eigenvalue weighted by Crippen LogP contribution is -2.50. The number of alkyl halides is 3. The Morgan fingerprint density at radius 2 is 1.71 bits per heavy atom. The zero-order valence-electron chi connectivity index (χ0n) is 17.9. The summed E-state index contributed by atoms with van der Waals surface area (Å²) in [6.45, 7) is 0.574. The molecule has 180 valence electrons. The van der Waals surface area contributed by atoms with Crippen molar-refractivity contribution in [1.29, 1.82) is 0 Å². The predicted octanol–water partition coefficient (Wildman–Crippen LogP) is 3.54. The van der Waals surface area contributed by atoms with Gasteiger partial charge in [0.15, 0.2) is 0 Å². The lowest BCUT2D eigenvalue weighted by molar-refractivity contribution is -0.274. The molecular formula is C23H22F3N3O5. The minimum absolute atomic E-state index is 0.0449. The van der Waals surface area contributed by atoms with Crippen LogP contribution in [0.1, 0.15) is 40.4 Å². The van der Waals surface area contributed by atoms with Crippen molar-refractivity contribution in [1.82, 2.24) is 15.1 Å². The number of carboxylic acid groups (broad SMARTS) is 1. The van der Waals surface area contributed by atoms with Crippen molar-refractivity contribution in [3.8, 4) is 5.75 Å². The summed E-state index contributed by atoms with van der Waals surface area (Å²) >= 11 is 0. The second-order valence-electron chi connectivity index (χ2n) is 8.11. The van der Waals surface area contributed by atoms with Crippen molar-refractivity contribution in [3.05, 3.63) is 65.2 Å². The molecule has 4 rings (SSSR count). The van der Waals surface area contributed by atoms with Crippen molar-refractivity contribution in [2.75, 3.05) is 13.1 Å². The van der Waals surface area contributed by atoms with Crippen LogP contribution in [0.2, 0.25) is 0 Å². The van der Waals surface area contributed by atoms with Gasteiger partial charge in [0.1, 0.15) is 11.8 Å². The number of likely N-dealkylation sites (tertiary alicyclic amines) is 1. The second-order valence-corrected chi connectivity index (χ2v) is 8.11. The molecule has 0 aromatic heterocycles. The highest BCUT2D eigenvalue weighted by molar-refractivity contribution is 6.04. The third-order valence-electron chi connectivity index (χ3n) is 6.00. The molecular weight excluding hydrogens is 455 g/mol. The number of ether oxygens (including phenoxy) is 1. The van der Waals surface area contributed by atoms with Crippen LogP contribution >= 0.6 is 0 Å². The molecule has 2 aromatic rings. The number of nitrogens with zero attached hydrogens (tertiary/aromatic N) is 2. The van der Waals surface area contributed by atoms with Gasteiger partial charge in [-0.15, -0.1) is 13.2 Å². The number of piperidine rings is 1. The molecule has 1 unspecified atom stereocenters. The van der Waals surface area contributed by atoms with Crippen molar-refractivity contribution in [2.24, 2.45) is 0 Å². The van der Waals surface area contributed by atoms with Gasteiger partial charge in [-0.3, -0.25) is 9.59 Å². The largest absolute Gasteiger partial charge is 0.573 e. The summed E-state index contributed by atoms with van der Waals surface area (Å²) < 4.78 is 40.8. The number of halogens is 3. The molecule has 1 fully saturated rings. The van der Waals surface area contributed by atoms with Gasteiger partial charge >= 0.3 is 12.5 Å². The van der Waals surface area contributed by atoms with Gasteiger partial charge in [-0.25, -0.2) is 4.79 Å². The standard InChI is InChI=1S/C23H22F3N3O5/c24-23(25,26)34-16-7-5-14(6-8-16)13-27-20(30)19-17-3-1-2-4-18(17)21(31)29(19)15-9-11-28(12-10-15)22(32)33/h1-8,15,19H,9-13H2,(H,27,30)(H,32,33). The Hall–Kier alpha value is -3.76. The van der Waals surface area contributed by atoms with Crippen molar-refractivity contribution in [3.63, 3.8) is 0 Å². The minimum Gasteiger partial charge on any atom is -0.465 e. The molecule has 2 heterocycles. The molecule has 0 spiro atoms. The van der Waals surface area contributed by atoms with E-state index in [0.717, 1.165) is 12.1 Å². The van der Waals surface area contributed by atoms with Crippen LogP contribution in [0.15, 0.2) is 48.5 Å². The van der Waals surface area contributed by atoms with Gasteiger partial charge in [-0.05, 0) is 42.2 Å². The maximum atomic E-state index is 13.2. The summed E-state index contributed by atoms with van der Waals surface area (Å²) in [7, 11) is 0. The van der Waals surface area contributed by atoms with Crippen LogP contribution in [0.25, 0.3) is 0 Å². The van der Waals surface area contributed by atoms with Gasteiger partial charge in [0, 0.05) is 31.2 Å².